The molecule has 1 unspecified atom stereocenters. The first kappa shape index (κ1) is 4.61. The summed E-state index contributed by atoms with van der Waals surface area (Å²) < 4.78 is 0. The lowest BCUT2D eigenvalue weighted by molar-refractivity contribution is 0.123. The molecule has 0 aromatic heterocycles. The summed E-state index contributed by atoms with van der Waals surface area (Å²) in [6.45, 7) is 0. The van der Waals surface area contributed by atoms with E-state index in [1.165, 1.54) is 0 Å². The van der Waals surface area contributed by atoms with Gasteiger partial charge in [0.15, 0.2) is 0 Å². The van der Waals surface area contributed by atoms with Gasteiger partial charge in [-0.05, 0) is 0 Å². The Labute approximate surface area is 42.0 Å². The Morgan fingerprint density at radius 2 is 2.57 bits per heavy atom. The van der Waals surface area contributed by atoms with Crippen molar-refractivity contribution in [3.63, 3.8) is 0 Å². The lowest BCUT2D eigenvalue weighted by Gasteiger charge is -2.13. The van der Waals surface area contributed by atoms with Gasteiger partial charge in [-0.2, -0.15) is 0 Å². The lowest BCUT2D eigenvalue weighted by Crippen LogP contribution is -2.39. The van der Waals surface area contributed by atoms with E-state index < -0.39 is 6.23 Å². The minimum atomic E-state index is -0.412. The number of hydrogen-bond donors (Lipinski definition) is 3. The summed E-state index contributed by atoms with van der Waals surface area (Å²) in [5.74, 6) is 0. The topological polar surface area (TPSA) is 44.3 Å². The molecule has 0 bridgehead atoms. The Morgan fingerprint density at radius 3 is 2.86 bits per heavy atom. The molecular formula is C4H8N2O. The average Bonchev–Trinajstić information content (AvgIpc) is 1.69. The number of rotatable bonds is 0. The number of hydrazine groups is 1. The summed E-state index contributed by atoms with van der Waals surface area (Å²) in [5.41, 5.74) is 5.25. The van der Waals surface area contributed by atoms with Gasteiger partial charge in [0, 0.05) is 12.6 Å². The van der Waals surface area contributed by atoms with Crippen LogP contribution in [-0.4, -0.2) is 11.3 Å². The van der Waals surface area contributed by atoms with Crippen LogP contribution >= 0.6 is 0 Å². The molecule has 0 aromatic carbocycles. The highest BCUT2D eigenvalue weighted by atomic mass is 16.3. The van der Waals surface area contributed by atoms with Crippen molar-refractivity contribution >= 4 is 0 Å². The Kier molecular flexibility index (Phi) is 1.29. The smallest absolute Gasteiger partial charge is 0.124 e. The number of aliphatic hydroxyl groups excluding tert-OH is 1. The quantitative estimate of drug-likeness (QED) is 0.378. The fourth-order valence-corrected chi connectivity index (χ4v) is 0.459. The van der Waals surface area contributed by atoms with Crippen LogP contribution in [0.3, 0.4) is 0 Å². The maximum Gasteiger partial charge on any atom is 0.124 e. The molecule has 0 saturated heterocycles. The fourth-order valence-electron chi connectivity index (χ4n) is 0.459. The molecule has 0 aliphatic carbocycles. The van der Waals surface area contributed by atoms with Crippen LogP contribution in [0.2, 0.25) is 0 Å². The van der Waals surface area contributed by atoms with E-state index in [-0.39, 0.29) is 0 Å². The van der Waals surface area contributed by atoms with Crippen LogP contribution in [0.15, 0.2) is 12.3 Å². The van der Waals surface area contributed by atoms with Gasteiger partial charge in [-0.1, -0.05) is 6.08 Å². The summed E-state index contributed by atoms with van der Waals surface area (Å²) in [4.78, 5) is 0. The molecule has 0 fully saturated rings. The van der Waals surface area contributed by atoms with Gasteiger partial charge in [-0.15, -0.1) is 0 Å². The zero-order valence-electron chi connectivity index (χ0n) is 3.89. The third-order valence-electron chi connectivity index (χ3n) is 0.810. The number of aliphatic hydroxyl groups is 1. The van der Waals surface area contributed by atoms with Crippen molar-refractivity contribution in [1.82, 2.24) is 10.9 Å². The second kappa shape index (κ2) is 1.95. The van der Waals surface area contributed by atoms with E-state index in [2.05, 4.69) is 10.9 Å². The first-order valence-corrected chi connectivity index (χ1v) is 2.24. The van der Waals surface area contributed by atoms with Gasteiger partial charge in [-0.3, -0.25) is 0 Å². The zero-order valence-corrected chi connectivity index (χ0v) is 3.89. The summed E-state index contributed by atoms with van der Waals surface area (Å²) in [6, 6.07) is 0. The average molecular weight is 100 g/mol. The SMILES string of the molecule is OC1CC=CNN1. The van der Waals surface area contributed by atoms with E-state index in [1.54, 1.807) is 6.20 Å². The molecule has 3 heteroatoms. The predicted molar refractivity (Wildman–Crippen MR) is 26.0 cm³/mol. The maximum absolute atomic E-state index is 8.68. The standard InChI is InChI=1S/C4H8N2O/c7-4-2-1-3-5-6-4/h1,3-7H,2H2. The van der Waals surface area contributed by atoms with Crippen LogP contribution in [-0.2, 0) is 0 Å². The molecular weight excluding hydrogens is 92.1 g/mol. The summed E-state index contributed by atoms with van der Waals surface area (Å²) >= 11 is 0. The van der Waals surface area contributed by atoms with Gasteiger partial charge in [0.05, 0.1) is 0 Å². The molecule has 1 rings (SSSR count). The minimum absolute atomic E-state index is 0.412. The van der Waals surface area contributed by atoms with Crippen LogP contribution < -0.4 is 10.9 Å². The molecule has 40 valence electrons. The van der Waals surface area contributed by atoms with Crippen LogP contribution in [0.1, 0.15) is 6.42 Å². The Balaban J connectivity index is 2.32. The molecule has 3 nitrogen and oxygen atoms in total. The zero-order chi connectivity index (χ0) is 5.11. The number of nitrogens with one attached hydrogen (secondary N) is 2. The first-order valence-electron chi connectivity index (χ1n) is 2.24. The van der Waals surface area contributed by atoms with E-state index in [9.17, 15) is 0 Å². The van der Waals surface area contributed by atoms with E-state index in [4.69, 9.17) is 5.11 Å². The van der Waals surface area contributed by atoms with Gasteiger partial charge >= 0.3 is 0 Å². The predicted octanol–water partition coefficient (Wildman–Crippen LogP) is -0.684. The highest BCUT2D eigenvalue weighted by molar-refractivity contribution is 4.84. The second-order valence-electron chi connectivity index (χ2n) is 1.44. The van der Waals surface area contributed by atoms with Crippen LogP contribution in [0.5, 0.6) is 0 Å². The second-order valence-corrected chi connectivity index (χ2v) is 1.44. The molecule has 1 atom stereocenters. The van der Waals surface area contributed by atoms with Crippen molar-refractivity contribution in [2.24, 2.45) is 0 Å². The van der Waals surface area contributed by atoms with Crippen molar-refractivity contribution in [2.45, 2.75) is 12.6 Å². The molecule has 7 heavy (non-hydrogen) atoms. The van der Waals surface area contributed by atoms with Crippen LogP contribution in [0.4, 0.5) is 0 Å². The van der Waals surface area contributed by atoms with Crippen molar-refractivity contribution in [3.05, 3.63) is 12.3 Å². The largest absolute Gasteiger partial charge is 0.377 e. The molecule has 0 saturated carbocycles. The normalized spacial score (nSPS) is 29.6. The molecule has 0 radical (unpaired) electrons. The molecule has 1 aliphatic heterocycles. The first-order chi connectivity index (χ1) is 3.39. The van der Waals surface area contributed by atoms with E-state index in [0.717, 1.165) is 0 Å². The van der Waals surface area contributed by atoms with Crippen molar-refractivity contribution in [2.75, 3.05) is 0 Å². The molecule has 1 aliphatic rings. The van der Waals surface area contributed by atoms with Crippen LogP contribution in [0.25, 0.3) is 0 Å². The van der Waals surface area contributed by atoms with E-state index in [1.807, 2.05) is 6.08 Å². The van der Waals surface area contributed by atoms with Crippen LogP contribution in [0, 0.1) is 0 Å². The Hall–Kier alpha value is -0.540. The molecule has 3 N–H and O–H groups in total. The molecule has 0 aromatic rings. The van der Waals surface area contributed by atoms with Crippen molar-refractivity contribution in [1.29, 1.82) is 0 Å². The molecule has 1 heterocycles. The van der Waals surface area contributed by atoms with Gasteiger partial charge in [0.25, 0.3) is 0 Å². The summed E-state index contributed by atoms with van der Waals surface area (Å²) in [7, 11) is 0. The third kappa shape index (κ3) is 1.17. The fraction of sp³-hybridized carbons (Fsp3) is 0.500. The maximum atomic E-state index is 8.68. The van der Waals surface area contributed by atoms with Gasteiger partial charge in [0.2, 0.25) is 0 Å². The summed E-state index contributed by atoms with van der Waals surface area (Å²) in [5, 5.41) is 8.68. The van der Waals surface area contributed by atoms with E-state index >= 15 is 0 Å². The summed E-state index contributed by atoms with van der Waals surface area (Å²) in [6.07, 6.45) is 3.89. The molecule has 0 amide bonds. The number of hydrogen-bond acceptors (Lipinski definition) is 3. The van der Waals surface area contributed by atoms with Crippen molar-refractivity contribution in [3.8, 4) is 0 Å². The third-order valence-corrected chi connectivity index (χ3v) is 0.810. The van der Waals surface area contributed by atoms with Gasteiger partial charge in [0.1, 0.15) is 6.23 Å². The van der Waals surface area contributed by atoms with E-state index in [0.29, 0.717) is 6.42 Å². The highest BCUT2D eigenvalue weighted by Gasteiger charge is 1.99. The van der Waals surface area contributed by atoms with Crippen molar-refractivity contribution < 1.29 is 5.11 Å². The molecule has 0 spiro atoms. The van der Waals surface area contributed by atoms with Gasteiger partial charge < -0.3 is 10.5 Å². The Morgan fingerprint density at radius 1 is 1.71 bits per heavy atom. The minimum Gasteiger partial charge on any atom is -0.377 e. The highest BCUT2D eigenvalue weighted by Crippen LogP contribution is 1.89. The Bertz CT molecular complexity index is 81.8. The van der Waals surface area contributed by atoms with Gasteiger partial charge in [-0.25, -0.2) is 5.43 Å². The lowest BCUT2D eigenvalue weighted by atomic mass is 10.3. The monoisotopic (exact) mass is 100 g/mol.